The van der Waals surface area contributed by atoms with Crippen LogP contribution in [0.4, 0.5) is 35.0 Å². The van der Waals surface area contributed by atoms with Gasteiger partial charge in [0.1, 0.15) is 17.2 Å². The molecule has 4 rings (SSSR count). The number of hydrogen-bond acceptors (Lipinski definition) is 4. The summed E-state index contributed by atoms with van der Waals surface area (Å²) in [7, 11) is 1.64. The topological polar surface area (TPSA) is 54.8 Å². The molecule has 0 saturated heterocycles. The summed E-state index contributed by atoms with van der Waals surface area (Å²) in [5, 5.41) is 5.94. The first-order valence-corrected chi connectivity index (χ1v) is 8.61. The second-order valence-corrected chi connectivity index (χ2v) is 6.26. The van der Waals surface area contributed by atoms with Crippen LogP contribution in [0.3, 0.4) is 0 Å². The van der Waals surface area contributed by atoms with Gasteiger partial charge in [0.25, 0.3) is 0 Å². The third-order valence-electron chi connectivity index (χ3n) is 4.31. The number of halogens is 4. The lowest BCUT2D eigenvalue weighted by Gasteiger charge is -2.12. The molecule has 2 aromatic heterocycles. The zero-order valence-corrected chi connectivity index (χ0v) is 15.1. The highest BCUT2D eigenvalue weighted by Crippen LogP contribution is 2.32. The van der Waals surface area contributed by atoms with Gasteiger partial charge in [-0.25, -0.2) is 14.4 Å². The Morgan fingerprint density at radius 1 is 1.00 bits per heavy atom. The molecule has 5 nitrogen and oxygen atoms in total. The molecule has 2 heterocycles. The number of alkyl halides is 3. The second-order valence-electron chi connectivity index (χ2n) is 6.26. The van der Waals surface area contributed by atoms with Crippen molar-refractivity contribution < 1.29 is 17.6 Å². The summed E-state index contributed by atoms with van der Waals surface area (Å²) in [6.07, 6.45) is -2.94. The van der Waals surface area contributed by atoms with Crippen LogP contribution in [0.1, 0.15) is 5.56 Å². The van der Waals surface area contributed by atoms with Gasteiger partial charge in [-0.1, -0.05) is 6.07 Å². The zero-order valence-electron chi connectivity index (χ0n) is 15.1. The summed E-state index contributed by atoms with van der Waals surface area (Å²) in [5.41, 5.74) is 1.25. The Labute approximate surface area is 163 Å². The molecule has 2 aromatic carbocycles. The van der Waals surface area contributed by atoms with Crippen molar-refractivity contribution in [3.63, 3.8) is 0 Å². The molecule has 0 spiro atoms. The van der Waals surface area contributed by atoms with Crippen molar-refractivity contribution in [1.82, 2.24) is 14.5 Å². The highest BCUT2D eigenvalue weighted by molar-refractivity contribution is 5.83. The van der Waals surface area contributed by atoms with Crippen molar-refractivity contribution in [3.05, 3.63) is 72.2 Å². The number of rotatable bonds is 4. The van der Waals surface area contributed by atoms with Gasteiger partial charge >= 0.3 is 6.18 Å². The van der Waals surface area contributed by atoms with E-state index >= 15 is 0 Å². The third-order valence-corrected chi connectivity index (χ3v) is 4.31. The first-order valence-electron chi connectivity index (χ1n) is 8.61. The first kappa shape index (κ1) is 18.7. The molecule has 0 saturated carbocycles. The molecule has 4 aromatic rings. The van der Waals surface area contributed by atoms with E-state index < -0.39 is 11.7 Å². The fourth-order valence-electron chi connectivity index (χ4n) is 2.98. The van der Waals surface area contributed by atoms with E-state index in [4.69, 9.17) is 0 Å². The van der Waals surface area contributed by atoms with Gasteiger partial charge in [0.05, 0.1) is 17.3 Å². The summed E-state index contributed by atoms with van der Waals surface area (Å²) in [6.45, 7) is 0. The lowest BCUT2D eigenvalue weighted by molar-refractivity contribution is -0.137. The van der Waals surface area contributed by atoms with E-state index in [2.05, 4.69) is 20.6 Å². The van der Waals surface area contributed by atoms with Crippen LogP contribution in [0.25, 0.3) is 16.7 Å². The van der Waals surface area contributed by atoms with Crippen LogP contribution in [-0.2, 0) is 6.18 Å². The van der Waals surface area contributed by atoms with Crippen molar-refractivity contribution in [2.45, 2.75) is 6.18 Å². The number of nitrogens with zero attached hydrogens (tertiary/aromatic N) is 3. The molecule has 0 fully saturated rings. The average Bonchev–Trinajstić information content (AvgIpc) is 3.07. The van der Waals surface area contributed by atoms with Gasteiger partial charge in [-0.15, -0.1) is 0 Å². The van der Waals surface area contributed by atoms with Gasteiger partial charge in [-0.2, -0.15) is 13.2 Å². The number of anilines is 3. The molecule has 0 atom stereocenters. The maximum atomic E-state index is 13.2. The normalized spacial score (nSPS) is 11.6. The van der Waals surface area contributed by atoms with Gasteiger partial charge in [0, 0.05) is 24.5 Å². The Morgan fingerprint density at radius 2 is 1.76 bits per heavy atom. The Hall–Kier alpha value is -3.62. The molecule has 0 aliphatic carbocycles. The van der Waals surface area contributed by atoms with Gasteiger partial charge in [0.2, 0.25) is 5.95 Å². The monoisotopic (exact) mass is 401 g/mol. The maximum absolute atomic E-state index is 13.2. The third kappa shape index (κ3) is 3.71. The lowest BCUT2D eigenvalue weighted by Crippen LogP contribution is -2.07. The standard InChI is InChI=1S/C20H15F4N5/c1-25-19-28-16-11-26-18(27-14-7-5-13(21)6-8-14)10-17(16)29(19)15-4-2-3-12(9-15)20(22,23)24/h2-11H,1H3,(H,25,28)(H,26,27). The van der Waals surface area contributed by atoms with Crippen molar-refractivity contribution in [3.8, 4) is 5.69 Å². The summed E-state index contributed by atoms with van der Waals surface area (Å²) in [5.74, 6) is 0.459. The molecule has 148 valence electrons. The molecular weight excluding hydrogens is 386 g/mol. The number of aromatic nitrogens is 3. The zero-order chi connectivity index (χ0) is 20.6. The van der Waals surface area contributed by atoms with Gasteiger partial charge in [-0.3, -0.25) is 4.57 Å². The maximum Gasteiger partial charge on any atom is 0.416 e. The summed E-state index contributed by atoms with van der Waals surface area (Å²) < 4.78 is 54.1. The number of benzene rings is 2. The van der Waals surface area contributed by atoms with Crippen LogP contribution in [0.5, 0.6) is 0 Å². The van der Waals surface area contributed by atoms with Crippen LogP contribution in [0, 0.1) is 5.82 Å². The van der Waals surface area contributed by atoms with Gasteiger partial charge in [-0.05, 0) is 42.5 Å². The van der Waals surface area contributed by atoms with Crippen molar-refractivity contribution >= 4 is 28.5 Å². The van der Waals surface area contributed by atoms with Crippen LogP contribution in [-0.4, -0.2) is 21.6 Å². The molecule has 0 unspecified atom stereocenters. The molecule has 0 aliphatic rings. The van der Waals surface area contributed by atoms with Crippen LogP contribution >= 0.6 is 0 Å². The molecule has 0 amide bonds. The minimum Gasteiger partial charge on any atom is -0.358 e. The predicted molar refractivity (Wildman–Crippen MR) is 103 cm³/mol. The fourth-order valence-corrected chi connectivity index (χ4v) is 2.98. The Balaban J connectivity index is 1.81. The quantitative estimate of drug-likeness (QED) is 0.452. The van der Waals surface area contributed by atoms with Gasteiger partial charge in [0.15, 0.2) is 0 Å². The fraction of sp³-hybridized carbons (Fsp3) is 0.100. The van der Waals surface area contributed by atoms with Gasteiger partial charge < -0.3 is 10.6 Å². The number of nitrogens with one attached hydrogen (secondary N) is 2. The van der Waals surface area contributed by atoms with Crippen LogP contribution < -0.4 is 10.6 Å². The summed E-state index contributed by atoms with van der Waals surface area (Å²) in [4.78, 5) is 8.67. The largest absolute Gasteiger partial charge is 0.416 e. The second kappa shape index (κ2) is 7.08. The van der Waals surface area contributed by atoms with E-state index in [1.165, 1.54) is 24.4 Å². The molecule has 2 N–H and O–H groups in total. The molecule has 29 heavy (non-hydrogen) atoms. The number of hydrogen-bond donors (Lipinski definition) is 2. The molecule has 0 aliphatic heterocycles. The number of pyridine rings is 1. The smallest absolute Gasteiger partial charge is 0.358 e. The van der Waals surface area contributed by atoms with E-state index in [1.54, 1.807) is 35.9 Å². The van der Waals surface area contributed by atoms with E-state index in [9.17, 15) is 17.6 Å². The summed E-state index contributed by atoms with van der Waals surface area (Å²) in [6, 6.07) is 12.4. The van der Waals surface area contributed by atoms with Crippen molar-refractivity contribution in [1.29, 1.82) is 0 Å². The SMILES string of the molecule is CNc1nc2cnc(Nc3ccc(F)cc3)cc2n1-c1cccc(C(F)(F)F)c1. The number of imidazole rings is 1. The lowest BCUT2D eigenvalue weighted by atomic mass is 10.2. The van der Waals surface area contributed by atoms with E-state index in [1.807, 2.05) is 0 Å². The highest BCUT2D eigenvalue weighted by Gasteiger charge is 2.30. The highest BCUT2D eigenvalue weighted by atomic mass is 19.4. The van der Waals surface area contributed by atoms with Crippen LogP contribution in [0.2, 0.25) is 0 Å². The van der Waals surface area contributed by atoms with Crippen molar-refractivity contribution in [2.75, 3.05) is 17.7 Å². The number of fused-ring (bicyclic) bond motifs is 1. The first-order chi connectivity index (χ1) is 13.8. The molecule has 0 radical (unpaired) electrons. The minimum absolute atomic E-state index is 0.311. The molecular formula is C20H15F4N5. The van der Waals surface area contributed by atoms with E-state index in [0.717, 1.165) is 12.1 Å². The van der Waals surface area contributed by atoms with Crippen LogP contribution in [0.15, 0.2) is 60.8 Å². The molecule has 9 heteroatoms. The average molecular weight is 401 g/mol. The molecule has 0 bridgehead atoms. The van der Waals surface area contributed by atoms with E-state index in [-0.39, 0.29) is 5.82 Å². The Kier molecular flexibility index (Phi) is 4.57. The Bertz CT molecular complexity index is 1170. The van der Waals surface area contributed by atoms with E-state index in [0.29, 0.717) is 34.2 Å². The van der Waals surface area contributed by atoms with Crippen molar-refractivity contribution in [2.24, 2.45) is 0 Å². The predicted octanol–water partition coefficient (Wildman–Crippen LogP) is 5.36. The minimum atomic E-state index is -4.46. The summed E-state index contributed by atoms with van der Waals surface area (Å²) >= 11 is 0. The Morgan fingerprint density at radius 3 is 2.45 bits per heavy atom.